The van der Waals surface area contributed by atoms with Crippen LogP contribution in [0.15, 0.2) is 224 Å². The maximum atomic E-state index is 5.27. The monoisotopic (exact) mass is 791 g/mol. The Bertz CT molecular complexity index is 3550. The zero-order chi connectivity index (χ0) is 41.0. The maximum Gasteiger partial charge on any atom is 0.238 e. The highest BCUT2D eigenvalue weighted by molar-refractivity contribution is 6.23. The number of hydrogen-bond acceptors (Lipinski definition) is 3. The lowest BCUT2D eigenvalue weighted by atomic mass is 9.97. The Hall–Kier alpha value is -8.41. The van der Waals surface area contributed by atoms with Crippen LogP contribution >= 0.6 is 0 Å². The third-order valence-corrected chi connectivity index (χ3v) is 12.0. The SMILES string of the molecule is c1ccc(-c2cccc(-c3ccc(-c4cccc(-n5c6ccccc6c6ccc7c8ccccc8n(-c8nc(-c9ccccc9)nc(-c9ccccc9)n8)c7c65)c4)cc3)c2)cc1. The molecule has 0 bridgehead atoms. The van der Waals surface area contributed by atoms with E-state index in [0.717, 1.165) is 66.2 Å². The summed E-state index contributed by atoms with van der Waals surface area (Å²) in [6.45, 7) is 0. The lowest BCUT2D eigenvalue weighted by Gasteiger charge is -2.14. The van der Waals surface area contributed by atoms with Gasteiger partial charge in [0.2, 0.25) is 5.95 Å². The van der Waals surface area contributed by atoms with Crippen molar-refractivity contribution in [2.24, 2.45) is 0 Å². The summed E-state index contributed by atoms with van der Waals surface area (Å²) in [7, 11) is 0. The van der Waals surface area contributed by atoms with Gasteiger partial charge in [0, 0.05) is 38.4 Å². The molecule has 0 amide bonds. The molecule has 0 spiro atoms. The maximum absolute atomic E-state index is 5.27. The van der Waals surface area contributed by atoms with Gasteiger partial charge < -0.3 is 4.57 Å². The molecule has 0 saturated heterocycles. The van der Waals surface area contributed by atoms with Gasteiger partial charge in [-0.3, -0.25) is 4.57 Å². The van der Waals surface area contributed by atoms with Gasteiger partial charge in [-0.1, -0.05) is 194 Å². The standard InChI is InChI=1S/C57H37N5/c1-4-16-38(17-5-1)43-22-14-23-44(36-43)39-30-32-40(33-31-39)45-24-15-25-46(37-45)61-51-28-12-10-26-47(51)49-34-35-50-48-27-11-13-29-52(48)62(54(50)53(49)61)57-59-55(41-18-6-2-7-19-41)58-56(60-57)42-20-8-3-9-21-42/h1-37H. The normalized spacial score (nSPS) is 11.5. The van der Waals surface area contributed by atoms with E-state index in [-0.39, 0.29) is 0 Å². The Morgan fingerprint density at radius 1 is 0.258 bits per heavy atom. The molecule has 3 aromatic heterocycles. The molecule has 0 radical (unpaired) electrons. The van der Waals surface area contributed by atoms with E-state index in [1.54, 1.807) is 0 Å². The Kier molecular flexibility index (Phi) is 8.42. The van der Waals surface area contributed by atoms with E-state index in [2.05, 4.69) is 197 Å². The van der Waals surface area contributed by atoms with E-state index in [1.807, 2.05) is 36.4 Å². The Balaban J connectivity index is 1.06. The fourth-order valence-electron chi connectivity index (χ4n) is 9.06. The van der Waals surface area contributed by atoms with Gasteiger partial charge in [0.25, 0.3) is 0 Å². The molecule has 0 fully saturated rings. The van der Waals surface area contributed by atoms with E-state index in [4.69, 9.17) is 15.0 Å². The lowest BCUT2D eigenvalue weighted by Crippen LogP contribution is -2.07. The highest BCUT2D eigenvalue weighted by atomic mass is 15.2. The molecule has 0 unspecified atom stereocenters. The zero-order valence-electron chi connectivity index (χ0n) is 33.6. The molecule has 62 heavy (non-hydrogen) atoms. The first-order valence-electron chi connectivity index (χ1n) is 20.9. The van der Waals surface area contributed by atoms with Crippen LogP contribution in [0.5, 0.6) is 0 Å². The molecule has 12 aromatic rings. The van der Waals surface area contributed by atoms with Crippen molar-refractivity contribution in [3.63, 3.8) is 0 Å². The van der Waals surface area contributed by atoms with Crippen molar-refractivity contribution in [1.82, 2.24) is 24.1 Å². The number of nitrogens with zero attached hydrogens (tertiary/aromatic N) is 5. The first kappa shape index (κ1) is 35.5. The Labute approximate surface area is 358 Å². The minimum absolute atomic E-state index is 0.566. The summed E-state index contributed by atoms with van der Waals surface area (Å²) < 4.78 is 4.67. The molecule has 3 heterocycles. The van der Waals surface area contributed by atoms with Gasteiger partial charge in [-0.2, -0.15) is 9.97 Å². The highest BCUT2D eigenvalue weighted by Gasteiger charge is 2.23. The van der Waals surface area contributed by atoms with Gasteiger partial charge in [-0.15, -0.1) is 0 Å². The van der Waals surface area contributed by atoms with Crippen LogP contribution in [-0.2, 0) is 0 Å². The fraction of sp³-hybridized carbons (Fsp3) is 0. The second-order valence-corrected chi connectivity index (χ2v) is 15.7. The zero-order valence-corrected chi connectivity index (χ0v) is 33.6. The Morgan fingerprint density at radius 3 is 1.21 bits per heavy atom. The van der Waals surface area contributed by atoms with Crippen LogP contribution in [0.3, 0.4) is 0 Å². The summed E-state index contributed by atoms with van der Waals surface area (Å²) >= 11 is 0. The summed E-state index contributed by atoms with van der Waals surface area (Å²) in [6, 6.07) is 79.4. The molecule has 5 heteroatoms. The van der Waals surface area contributed by atoms with E-state index in [0.29, 0.717) is 17.6 Å². The third kappa shape index (κ3) is 5.98. The summed E-state index contributed by atoms with van der Waals surface area (Å²) in [4.78, 5) is 15.6. The second kappa shape index (κ2) is 14.7. The molecule has 5 nitrogen and oxygen atoms in total. The minimum Gasteiger partial charge on any atom is -0.307 e. The van der Waals surface area contributed by atoms with Crippen LogP contribution in [-0.4, -0.2) is 24.1 Å². The number of hydrogen-bond donors (Lipinski definition) is 0. The van der Waals surface area contributed by atoms with Crippen molar-refractivity contribution < 1.29 is 0 Å². The van der Waals surface area contributed by atoms with Gasteiger partial charge in [0.1, 0.15) is 0 Å². The van der Waals surface area contributed by atoms with Crippen LogP contribution in [0.2, 0.25) is 0 Å². The minimum atomic E-state index is 0.566. The topological polar surface area (TPSA) is 48.5 Å². The first-order chi connectivity index (χ1) is 30.7. The number of para-hydroxylation sites is 2. The Morgan fingerprint density at radius 2 is 0.661 bits per heavy atom. The highest BCUT2D eigenvalue weighted by Crippen LogP contribution is 2.42. The first-order valence-corrected chi connectivity index (χ1v) is 20.9. The number of fused-ring (bicyclic) bond motifs is 7. The summed E-state index contributed by atoms with van der Waals surface area (Å²) in [6.07, 6.45) is 0. The molecule has 290 valence electrons. The molecule has 0 aliphatic rings. The average Bonchev–Trinajstić information content (AvgIpc) is 3.88. The summed E-state index contributed by atoms with van der Waals surface area (Å²) in [5, 5.41) is 4.60. The predicted molar refractivity (Wildman–Crippen MR) is 256 cm³/mol. The van der Waals surface area contributed by atoms with Gasteiger partial charge >= 0.3 is 0 Å². The summed E-state index contributed by atoms with van der Waals surface area (Å²) in [5.41, 5.74) is 14.3. The van der Waals surface area contributed by atoms with E-state index in [9.17, 15) is 0 Å². The molecule has 0 atom stereocenters. The van der Waals surface area contributed by atoms with Gasteiger partial charge in [-0.05, 0) is 63.7 Å². The quantitative estimate of drug-likeness (QED) is 0.162. The molecule has 0 N–H and O–H groups in total. The van der Waals surface area contributed by atoms with Crippen LogP contribution in [0.25, 0.3) is 111 Å². The van der Waals surface area contributed by atoms with Gasteiger partial charge in [-0.25, -0.2) is 4.98 Å². The molecule has 0 aliphatic heterocycles. The van der Waals surface area contributed by atoms with Crippen LogP contribution in [0.1, 0.15) is 0 Å². The molecule has 0 aliphatic carbocycles. The van der Waals surface area contributed by atoms with Crippen molar-refractivity contribution in [2.75, 3.05) is 0 Å². The van der Waals surface area contributed by atoms with E-state index >= 15 is 0 Å². The lowest BCUT2D eigenvalue weighted by molar-refractivity contribution is 0.953. The average molecular weight is 792 g/mol. The van der Waals surface area contributed by atoms with Crippen molar-refractivity contribution in [3.8, 4) is 67.8 Å². The summed E-state index contributed by atoms with van der Waals surface area (Å²) in [5.74, 6) is 1.81. The van der Waals surface area contributed by atoms with Gasteiger partial charge in [0.15, 0.2) is 11.6 Å². The van der Waals surface area contributed by atoms with Gasteiger partial charge in [0.05, 0.1) is 22.1 Å². The van der Waals surface area contributed by atoms with Crippen molar-refractivity contribution in [3.05, 3.63) is 224 Å². The number of benzene rings is 9. The fourth-order valence-corrected chi connectivity index (χ4v) is 9.06. The van der Waals surface area contributed by atoms with Crippen LogP contribution < -0.4 is 0 Å². The molecule has 0 saturated carbocycles. The van der Waals surface area contributed by atoms with Crippen LogP contribution in [0, 0.1) is 0 Å². The number of aromatic nitrogens is 5. The van der Waals surface area contributed by atoms with E-state index < -0.39 is 0 Å². The molecule has 9 aromatic carbocycles. The molecular weight excluding hydrogens is 755 g/mol. The predicted octanol–water partition coefficient (Wildman–Crippen LogP) is 14.4. The van der Waals surface area contributed by atoms with Crippen LogP contribution in [0.4, 0.5) is 0 Å². The van der Waals surface area contributed by atoms with Crippen molar-refractivity contribution in [1.29, 1.82) is 0 Å². The third-order valence-electron chi connectivity index (χ3n) is 12.0. The largest absolute Gasteiger partial charge is 0.307 e. The molecule has 12 rings (SSSR count). The molecular formula is C57H37N5. The smallest absolute Gasteiger partial charge is 0.238 e. The number of rotatable bonds is 7. The second-order valence-electron chi connectivity index (χ2n) is 15.7. The van der Waals surface area contributed by atoms with Crippen molar-refractivity contribution in [2.45, 2.75) is 0 Å². The van der Waals surface area contributed by atoms with E-state index in [1.165, 1.54) is 27.6 Å². The van der Waals surface area contributed by atoms with Crippen molar-refractivity contribution >= 4 is 43.6 Å².